The van der Waals surface area contributed by atoms with Crippen molar-refractivity contribution < 1.29 is 8.78 Å². The van der Waals surface area contributed by atoms with Crippen molar-refractivity contribution in [2.45, 2.75) is 19.3 Å². The summed E-state index contributed by atoms with van der Waals surface area (Å²) in [5.41, 5.74) is 2.28. The lowest BCUT2D eigenvalue weighted by Gasteiger charge is -2.15. The Kier molecular flexibility index (Phi) is 4.28. The number of nitriles is 1. The molecule has 6 nitrogen and oxygen atoms in total. The van der Waals surface area contributed by atoms with Gasteiger partial charge in [-0.3, -0.25) is 4.79 Å². The lowest BCUT2D eigenvalue weighted by molar-refractivity contribution is 0.519. The number of nitrogens with one attached hydrogen (secondary N) is 2. The van der Waals surface area contributed by atoms with Gasteiger partial charge < -0.3 is 10.3 Å². The molecule has 8 heteroatoms. The zero-order valence-corrected chi connectivity index (χ0v) is 14.8. The summed E-state index contributed by atoms with van der Waals surface area (Å²) >= 11 is 0. The molecular formula is C20H15F2N5O. The van der Waals surface area contributed by atoms with E-state index >= 15 is 0 Å². The Morgan fingerprint density at radius 2 is 2.11 bits per heavy atom. The summed E-state index contributed by atoms with van der Waals surface area (Å²) in [6, 6.07) is 8.77. The molecule has 1 unspecified atom stereocenters. The molecule has 0 fully saturated rings. The number of fused-ring (bicyclic) bond motifs is 1. The van der Waals surface area contributed by atoms with E-state index in [4.69, 9.17) is 5.26 Å². The lowest BCUT2D eigenvalue weighted by atomic mass is 9.91. The Labute approximate surface area is 158 Å². The van der Waals surface area contributed by atoms with Gasteiger partial charge in [0.05, 0.1) is 17.3 Å². The average Bonchev–Trinajstić information content (AvgIpc) is 3.16. The van der Waals surface area contributed by atoms with Gasteiger partial charge in [-0.1, -0.05) is 0 Å². The van der Waals surface area contributed by atoms with Gasteiger partial charge in [-0.25, -0.2) is 8.78 Å². The molecule has 28 heavy (non-hydrogen) atoms. The quantitative estimate of drug-likeness (QED) is 0.733. The smallest absolute Gasteiger partial charge is 0.298 e. The molecule has 0 bridgehead atoms. The largest absolute Gasteiger partial charge is 0.360 e. The molecular weight excluding hydrogens is 364 g/mol. The minimum Gasteiger partial charge on any atom is -0.360 e. The van der Waals surface area contributed by atoms with Crippen LogP contribution in [0.3, 0.4) is 0 Å². The summed E-state index contributed by atoms with van der Waals surface area (Å²) in [6.07, 6.45) is 3.82. The number of anilines is 1. The molecule has 1 aromatic carbocycles. The normalized spacial score (nSPS) is 17.4. The second-order valence-corrected chi connectivity index (χ2v) is 6.49. The van der Waals surface area contributed by atoms with Gasteiger partial charge in [0, 0.05) is 29.4 Å². The highest BCUT2D eigenvalue weighted by Crippen LogP contribution is 2.37. The molecule has 1 atom stereocenters. The number of hydrogen-bond donors (Lipinski definition) is 2. The van der Waals surface area contributed by atoms with E-state index in [0.717, 1.165) is 6.08 Å². The number of allylic oxidation sites excluding steroid dienone is 4. The molecule has 140 valence electrons. The number of H-pyrrole nitrogens is 1. The van der Waals surface area contributed by atoms with Crippen molar-refractivity contribution in [2.75, 3.05) is 5.32 Å². The van der Waals surface area contributed by atoms with E-state index in [1.165, 1.54) is 16.8 Å². The number of aryl methyl sites for hydroxylation is 1. The van der Waals surface area contributed by atoms with Crippen molar-refractivity contribution in [1.82, 2.24) is 14.6 Å². The van der Waals surface area contributed by atoms with Gasteiger partial charge in [-0.2, -0.15) is 14.9 Å². The van der Waals surface area contributed by atoms with Gasteiger partial charge in [0.25, 0.3) is 5.56 Å². The van der Waals surface area contributed by atoms with E-state index in [9.17, 15) is 13.6 Å². The zero-order chi connectivity index (χ0) is 19.8. The van der Waals surface area contributed by atoms with E-state index in [1.807, 2.05) is 6.07 Å². The first-order chi connectivity index (χ1) is 13.5. The summed E-state index contributed by atoms with van der Waals surface area (Å²) in [5, 5.41) is 16.3. The Bertz CT molecular complexity index is 1280. The number of rotatable bonds is 3. The first kappa shape index (κ1) is 17.7. The highest BCUT2D eigenvalue weighted by Gasteiger charge is 2.27. The first-order valence-corrected chi connectivity index (χ1v) is 8.59. The number of halogens is 2. The number of imidazole rings is 1. The van der Waals surface area contributed by atoms with E-state index in [2.05, 4.69) is 15.4 Å². The fraction of sp³-hybridized carbons (Fsp3) is 0.150. The monoisotopic (exact) mass is 379 g/mol. The number of nitrogens with zero attached hydrogens (tertiary/aromatic N) is 3. The van der Waals surface area contributed by atoms with E-state index in [1.54, 1.807) is 31.2 Å². The molecule has 3 aromatic rings. The van der Waals surface area contributed by atoms with Crippen LogP contribution in [-0.4, -0.2) is 14.6 Å². The molecule has 0 spiro atoms. The third-order valence-electron chi connectivity index (χ3n) is 4.69. The van der Waals surface area contributed by atoms with E-state index in [0.29, 0.717) is 28.2 Å². The standard InChI is InChI=1S/C20H15F2N5O/c1-11-18(15-7-4-13(21)8-16(15)22)19-25-17(20(28)27(19)26-11)10-24-14-5-2-12(9-23)3-6-14/h2-6,8,10,15,24-25H,7H2,1H3/b17-10-. The second-order valence-electron chi connectivity index (χ2n) is 6.49. The third-order valence-corrected chi connectivity index (χ3v) is 4.69. The highest BCUT2D eigenvalue weighted by atomic mass is 19.1. The summed E-state index contributed by atoms with van der Waals surface area (Å²) in [4.78, 5) is 15.6. The van der Waals surface area contributed by atoms with E-state index < -0.39 is 17.6 Å². The van der Waals surface area contributed by atoms with Crippen molar-refractivity contribution in [3.8, 4) is 6.07 Å². The molecule has 4 rings (SSSR count). The molecule has 0 amide bonds. The molecule has 0 saturated heterocycles. The van der Waals surface area contributed by atoms with Gasteiger partial charge in [0.15, 0.2) is 0 Å². The molecule has 0 saturated carbocycles. The minimum atomic E-state index is -0.686. The fourth-order valence-electron chi connectivity index (χ4n) is 3.30. The molecule has 1 aliphatic carbocycles. The number of aromatic amines is 1. The molecule has 2 heterocycles. The predicted octanol–water partition coefficient (Wildman–Crippen LogP) is 2.97. The van der Waals surface area contributed by atoms with Gasteiger partial charge in [-0.05, 0) is 43.7 Å². The lowest BCUT2D eigenvalue weighted by Crippen LogP contribution is -2.27. The van der Waals surface area contributed by atoms with Gasteiger partial charge in [-0.15, -0.1) is 0 Å². The topological polar surface area (TPSA) is 86.0 Å². The molecule has 0 radical (unpaired) electrons. The maximum Gasteiger partial charge on any atom is 0.298 e. The summed E-state index contributed by atoms with van der Waals surface area (Å²) in [6.45, 7) is 1.69. The maximum atomic E-state index is 14.3. The van der Waals surface area contributed by atoms with E-state index in [-0.39, 0.29) is 17.3 Å². The van der Waals surface area contributed by atoms with Crippen molar-refractivity contribution in [1.29, 1.82) is 5.26 Å². The van der Waals surface area contributed by atoms with Crippen LogP contribution in [0.2, 0.25) is 0 Å². The van der Waals surface area contributed by atoms with Crippen LogP contribution in [0.1, 0.15) is 29.2 Å². The van der Waals surface area contributed by atoms with Crippen LogP contribution in [-0.2, 0) is 0 Å². The summed E-state index contributed by atoms with van der Waals surface area (Å²) in [7, 11) is 0. The number of benzene rings is 1. The van der Waals surface area contributed by atoms with Crippen LogP contribution >= 0.6 is 0 Å². The van der Waals surface area contributed by atoms with Gasteiger partial charge >= 0.3 is 0 Å². The van der Waals surface area contributed by atoms with Crippen molar-refractivity contribution in [2.24, 2.45) is 0 Å². The molecule has 2 aromatic heterocycles. The Morgan fingerprint density at radius 1 is 1.36 bits per heavy atom. The Balaban J connectivity index is 1.73. The number of aromatic nitrogens is 3. The second kappa shape index (κ2) is 6.78. The summed E-state index contributed by atoms with van der Waals surface area (Å²) < 4.78 is 28.8. The maximum absolute atomic E-state index is 14.3. The van der Waals surface area contributed by atoms with Crippen LogP contribution in [0.15, 0.2) is 52.9 Å². The molecule has 0 aliphatic heterocycles. The Hall–Kier alpha value is -3.73. The van der Waals surface area contributed by atoms with Crippen LogP contribution in [0.4, 0.5) is 14.5 Å². The predicted molar refractivity (Wildman–Crippen MR) is 101 cm³/mol. The Morgan fingerprint density at radius 3 is 2.79 bits per heavy atom. The van der Waals surface area contributed by atoms with Crippen LogP contribution in [0.25, 0.3) is 11.8 Å². The van der Waals surface area contributed by atoms with Crippen LogP contribution in [0, 0.1) is 18.3 Å². The van der Waals surface area contributed by atoms with Crippen LogP contribution in [0.5, 0.6) is 0 Å². The van der Waals surface area contributed by atoms with Crippen molar-refractivity contribution in [3.05, 3.63) is 80.6 Å². The van der Waals surface area contributed by atoms with Gasteiger partial charge in [0.1, 0.15) is 22.7 Å². The first-order valence-electron chi connectivity index (χ1n) is 8.59. The summed E-state index contributed by atoms with van der Waals surface area (Å²) in [5.74, 6) is -1.89. The minimum absolute atomic E-state index is 0.159. The van der Waals surface area contributed by atoms with Gasteiger partial charge in [0.2, 0.25) is 0 Å². The SMILES string of the molecule is Cc1nn2c(=O)/c(=C/Nc3ccc(C#N)cc3)[nH]c2c1C1CC=C(F)C=C1F. The molecule has 1 aliphatic rings. The van der Waals surface area contributed by atoms with Crippen LogP contribution < -0.4 is 16.2 Å². The third kappa shape index (κ3) is 2.97. The van der Waals surface area contributed by atoms with Crippen molar-refractivity contribution >= 4 is 17.5 Å². The number of hydrogen-bond acceptors (Lipinski definition) is 4. The highest BCUT2D eigenvalue weighted by molar-refractivity contribution is 5.58. The molecule has 2 N–H and O–H groups in total. The fourth-order valence-corrected chi connectivity index (χ4v) is 3.30. The average molecular weight is 379 g/mol. The zero-order valence-electron chi connectivity index (χ0n) is 14.8. The van der Waals surface area contributed by atoms with Crippen molar-refractivity contribution in [3.63, 3.8) is 0 Å².